The number of aryl methyl sites for hydroxylation is 1. The van der Waals surface area contributed by atoms with E-state index in [9.17, 15) is 18.0 Å². The van der Waals surface area contributed by atoms with Gasteiger partial charge in [0.15, 0.2) is 6.10 Å². The van der Waals surface area contributed by atoms with Gasteiger partial charge in [0.2, 0.25) is 6.29 Å². The van der Waals surface area contributed by atoms with Crippen molar-refractivity contribution >= 4 is 22.1 Å². The Hall–Kier alpha value is -2.23. The number of carbonyl (C=O) groups is 2. The average Bonchev–Trinajstić information content (AvgIpc) is 2.61. The van der Waals surface area contributed by atoms with Crippen LogP contribution in [0.15, 0.2) is 41.8 Å². The summed E-state index contributed by atoms with van der Waals surface area (Å²) in [6.45, 7) is 9.60. The lowest BCUT2D eigenvalue weighted by molar-refractivity contribution is -0.263. The van der Waals surface area contributed by atoms with Crippen molar-refractivity contribution in [1.29, 1.82) is 0 Å². The fourth-order valence-corrected chi connectivity index (χ4v) is 4.13. The molecule has 9 heteroatoms. The Balaban J connectivity index is 2.35. The van der Waals surface area contributed by atoms with Gasteiger partial charge in [-0.1, -0.05) is 30.7 Å². The maximum atomic E-state index is 12.7. The minimum absolute atomic E-state index is 0.0525. The SMILES string of the molecule is C=CC[C@@H]1O[C@@H](OS(=O)(=O)c2ccc(C)cc2)[C@@H](OC(C)=O)[C@H](C)[C@H]1OC(C)=O. The van der Waals surface area contributed by atoms with Crippen molar-refractivity contribution < 1.29 is 36.4 Å². The molecule has 0 radical (unpaired) electrons. The van der Waals surface area contributed by atoms with Gasteiger partial charge in [0.1, 0.15) is 12.2 Å². The van der Waals surface area contributed by atoms with Crippen LogP contribution < -0.4 is 0 Å². The summed E-state index contributed by atoms with van der Waals surface area (Å²) >= 11 is 0. The third-order valence-corrected chi connectivity index (χ3v) is 5.81. The molecule has 5 atom stereocenters. The van der Waals surface area contributed by atoms with E-state index in [1.165, 1.54) is 26.0 Å². The lowest BCUT2D eigenvalue weighted by atomic mass is 9.89. The molecule has 1 aliphatic rings. The van der Waals surface area contributed by atoms with E-state index in [0.717, 1.165) is 5.56 Å². The second-order valence-corrected chi connectivity index (χ2v) is 8.51. The molecule has 0 unspecified atom stereocenters. The molecule has 0 N–H and O–H groups in total. The predicted octanol–water partition coefficient (Wildman–Crippen LogP) is 2.50. The fourth-order valence-electron chi connectivity index (χ4n) is 3.15. The Bertz CT molecular complexity index is 846. The number of hydrogen-bond acceptors (Lipinski definition) is 8. The van der Waals surface area contributed by atoms with Crippen LogP contribution in [0.1, 0.15) is 32.8 Å². The molecule has 0 spiro atoms. The quantitative estimate of drug-likeness (QED) is 0.372. The van der Waals surface area contributed by atoms with E-state index in [-0.39, 0.29) is 11.3 Å². The Morgan fingerprint density at radius 1 is 1.10 bits per heavy atom. The molecule has 29 heavy (non-hydrogen) atoms. The van der Waals surface area contributed by atoms with E-state index in [1.54, 1.807) is 25.1 Å². The zero-order chi connectivity index (χ0) is 21.8. The van der Waals surface area contributed by atoms with Gasteiger partial charge in [-0.2, -0.15) is 8.42 Å². The summed E-state index contributed by atoms with van der Waals surface area (Å²) in [6.07, 6.45) is -2.14. The second kappa shape index (κ2) is 9.51. The summed E-state index contributed by atoms with van der Waals surface area (Å²) in [5.74, 6) is -1.76. The molecule has 0 amide bonds. The number of carbonyl (C=O) groups excluding carboxylic acids is 2. The van der Waals surface area contributed by atoms with E-state index >= 15 is 0 Å². The van der Waals surface area contributed by atoms with Crippen LogP contribution in [0.2, 0.25) is 0 Å². The van der Waals surface area contributed by atoms with Crippen molar-refractivity contribution in [3.05, 3.63) is 42.5 Å². The van der Waals surface area contributed by atoms with Gasteiger partial charge in [0.25, 0.3) is 10.1 Å². The predicted molar refractivity (Wildman–Crippen MR) is 103 cm³/mol. The molecule has 1 aromatic carbocycles. The lowest BCUT2D eigenvalue weighted by Crippen LogP contribution is -2.56. The highest BCUT2D eigenvalue weighted by Crippen LogP contribution is 2.34. The van der Waals surface area contributed by atoms with Crippen LogP contribution in [-0.4, -0.2) is 45.0 Å². The van der Waals surface area contributed by atoms with Crippen molar-refractivity contribution in [2.75, 3.05) is 0 Å². The summed E-state index contributed by atoms with van der Waals surface area (Å²) in [5, 5.41) is 0. The van der Waals surface area contributed by atoms with E-state index in [4.69, 9.17) is 18.4 Å². The maximum Gasteiger partial charge on any atom is 0.303 e. The summed E-state index contributed by atoms with van der Waals surface area (Å²) in [6, 6.07) is 6.12. The van der Waals surface area contributed by atoms with Crippen LogP contribution in [-0.2, 0) is 38.1 Å². The van der Waals surface area contributed by atoms with Crippen molar-refractivity contribution in [2.45, 2.75) is 63.6 Å². The van der Waals surface area contributed by atoms with E-state index in [1.807, 2.05) is 6.92 Å². The summed E-state index contributed by atoms with van der Waals surface area (Å²) in [5.41, 5.74) is 0.888. The van der Waals surface area contributed by atoms with Gasteiger partial charge in [-0.15, -0.1) is 6.58 Å². The van der Waals surface area contributed by atoms with Gasteiger partial charge in [-0.05, 0) is 25.5 Å². The minimum Gasteiger partial charge on any atom is -0.459 e. The summed E-state index contributed by atoms with van der Waals surface area (Å²) in [4.78, 5) is 23.1. The minimum atomic E-state index is -4.20. The molecule has 160 valence electrons. The fraction of sp³-hybridized carbons (Fsp3) is 0.500. The van der Waals surface area contributed by atoms with Gasteiger partial charge < -0.3 is 14.2 Å². The van der Waals surface area contributed by atoms with Crippen molar-refractivity contribution in [1.82, 2.24) is 0 Å². The van der Waals surface area contributed by atoms with Crippen molar-refractivity contribution in [2.24, 2.45) is 5.92 Å². The van der Waals surface area contributed by atoms with Gasteiger partial charge in [-0.3, -0.25) is 9.59 Å². The van der Waals surface area contributed by atoms with Gasteiger partial charge in [0.05, 0.1) is 4.90 Å². The normalized spacial score (nSPS) is 27.1. The summed E-state index contributed by atoms with van der Waals surface area (Å²) in [7, 11) is -4.20. The molecule has 8 nitrogen and oxygen atoms in total. The number of benzene rings is 1. The van der Waals surface area contributed by atoms with Crippen LogP contribution in [0, 0.1) is 12.8 Å². The molecular weight excluding hydrogens is 400 g/mol. The van der Waals surface area contributed by atoms with Crippen LogP contribution in [0.3, 0.4) is 0 Å². The first-order valence-electron chi connectivity index (χ1n) is 9.16. The largest absolute Gasteiger partial charge is 0.459 e. The molecule has 1 saturated heterocycles. The number of rotatable bonds is 7. The number of esters is 2. The molecule has 0 bridgehead atoms. The molecular formula is C20H26O8S. The lowest BCUT2D eigenvalue weighted by Gasteiger charge is -2.43. The molecule has 2 rings (SSSR count). The van der Waals surface area contributed by atoms with Crippen molar-refractivity contribution in [3.8, 4) is 0 Å². The third kappa shape index (κ3) is 5.88. The standard InChI is InChI=1S/C20H26O8S/c1-6-7-17-18(25-14(4)21)13(3)19(26-15(5)22)20(27-17)28-29(23,24)16-10-8-12(2)9-11-16/h6,8-11,13,17-20H,1,7H2,2-5H3/t13-,17+,18-,19+,20+/m1/s1. The van der Waals surface area contributed by atoms with E-state index in [0.29, 0.717) is 0 Å². The van der Waals surface area contributed by atoms with Crippen LogP contribution in [0.4, 0.5) is 0 Å². The Morgan fingerprint density at radius 2 is 1.66 bits per heavy atom. The Morgan fingerprint density at radius 3 is 2.17 bits per heavy atom. The average molecular weight is 426 g/mol. The molecule has 0 aromatic heterocycles. The Labute approximate surface area is 170 Å². The van der Waals surface area contributed by atoms with Crippen molar-refractivity contribution in [3.63, 3.8) is 0 Å². The summed E-state index contributed by atoms with van der Waals surface area (Å²) < 4.78 is 47.2. The highest BCUT2D eigenvalue weighted by molar-refractivity contribution is 7.86. The molecule has 1 heterocycles. The second-order valence-electron chi connectivity index (χ2n) is 6.94. The first kappa shape index (κ1) is 23.1. The van der Waals surface area contributed by atoms with Gasteiger partial charge in [0, 0.05) is 19.8 Å². The first-order valence-corrected chi connectivity index (χ1v) is 10.6. The third-order valence-electron chi connectivity index (χ3n) is 4.51. The van der Waals surface area contributed by atoms with Crippen LogP contribution >= 0.6 is 0 Å². The Kier molecular flexibility index (Phi) is 7.56. The molecule has 0 aliphatic carbocycles. The number of hydrogen-bond donors (Lipinski definition) is 0. The maximum absolute atomic E-state index is 12.7. The molecule has 0 saturated carbocycles. The highest BCUT2D eigenvalue weighted by Gasteiger charge is 2.49. The van der Waals surface area contributed by atoms with Crippen LogP contribution in [0.25, 0.3) is 0 Å². The van der Waals surface area contributed by atoms with Gasteiger partial charge >= 0.3 is 11.9 Å². The van der Waals surface area contributed by atoms with E-state index in [2.05, 4.69) is 6.58 Å². The van der Waals surface area contributed by atoms with Gasteiger partial charge in [-0.25, -0.2) is 4.18 Å². The first-order chi connectivity index (χ1) is 13.5. The number of ether oxygens (including phenoxy) is 3. The van der Waals surface area contributed by atoms with Crippen LogP contribution in [0.5, 0.6) is 0 Å². The zero-order valence-electron chi connectivity index (χ0n) is 16.9. The zero-order valence-corrected chi connectivity index (χ0v) is 17.7. The monoisotopic (exact) mass is 426 g/mol. The van der Waals surface area contributed by atoms with E-state index < -0.39 is 52.6 Å². The molecule has 1 fully saturated rings. The smallest absolute Gasteiger partial charge is 0.303 e. The topological polar surface area (TPSA) is 105 Å². The molecule has 1 aliphatic heterocycles. The molecule has 1 aromatic rings. The highest BCUT2D eigenvalue weighted by atomic mass is 32.2.